The van der Waals surface area contributed by atoms with E-state index in [1.54, 1.807) is 11.3 Å². The number of aryl methyl sites for hydroxylation is 2. The van der Waals surface area contributed by atoms with E-state index in [0.29, 0.717) is 103 Å². The van der Waals surface area contributed by atoms with Crippen molar-refractivity contribution < 1.29 is 33.2 Å². The summed E-state index contributed by atoms with van der Waals surface area (Å²) in [7, 11) is 0. The topological polar surface area (TPSA) is 154 Å². The number of halogens is 2. The predicted molar refractivity (Wildman–Crippen MR) is 192 cm³/mol. The zero-order chi connectivity index (χ0) is 34.1. The quantitative estimate of drug-likeness (QED) is 0.137. The number of nitrogens with two attached hydrogens (primary N) is 1. The van der Waals surface area contributed by atoms with Crippen LogP contribution < -0.4 is 11.1 Å². The summed E-state index contributed by atoms with van der Waals surface area (Å²) in [4.78, 5) is 19.4. The Kier molecular flexibility index (Phi) is 18.7. The normalized spacial score (nSPS) is 13.7. The number of aromatic nitrogens is 3. The molecule has 0 bridgehead atoms. The lowest BCUT2D eigenvalue weighted by molar-refractivity contribution is -0.121. The molecule has 1 atom stereocenters. The maximum Gasteiger partial charge on any atom is 0.222 e. The van der Waals surface area contributed by atoms with Gasteiger partial charge in [0, 0.05) is 34.1 Å². The predicted octanol–water partition coefficient (Wildman–Crippen LogP) is 3.79. The van der Waals surface area contributed by atoms with Crippen molar-refractivity contribution in [1.82, 2.24) is 20.1 Å². The van der Waals surface area contributed by atoms with E-state index in [4.69, 9.17) is 50.7 Å². The highest BCUT2D eigenvalue weighted by molar-refractivity contribution is 7.15. The van der Waals surface area contributed by atoms with Crippen LogP contribution in [0, 0.1) is 20.8 Å². The van der Waals surface area contributed by atoms with Crippen molar-refractivity contribution in [1.29, 1.82) is 0 Å². The molecular weight excluding hydrogens is 695 g/mol. The smallest absolute Gasteiger partial charge is 0.222 e. The van der Waals surface area contributed by atoms with Gasteiger partial charge >= 0.3 is 0 Å². The Bertz CT molecular complexity index is 1450. The fourth-order valence-corrected chi connectivity index (χ4v) is 6.27. The molecule has 16 heteroatoms. The van der Waals surface area contributed by atoms with E-state index in [2.05, 4.69) is 29.4 Å². The third-order valence-electron chi connectivity index (χ3n) is 7.43. The summed E-state index contributed by atoms with van der Waals surface area (Å²) in [6.07, 6.45) is 0.120. The van der Waals surface area contributed by atoms with Gasteiger partial charge in [-0.1, -0.05) is 23.7 Å². The molecule has 3 N–H and O–H groups in total. The highest BCUT2D eigenvalue weighted by atomic mass is 35.5. The standard InChI is InChI=1S/C33H47ClN6O7S.ClH/c1-23-24(2)48-33-30(23)31(26-4-6-27(34)7-5-26)37-28(32-39-38-25(3)40(32)33)22-29(41)36-9-11-43-13-15-45-17-19-47-21-20-46-18-16-44-14-12-42-10-8-35;/h4-7,28H,8-22,35H2,1-3H3,(H,36,41);1H/t28-;/m0./s1. The molecule has 3 aromatic rings. The second-order valence-electron chi connectivity index (χ2n) is 10.9. The van der Waals surface area contributed by atoms with Crippen molar-refractivity contribution in [3.63, 3.8) is 0 Å². The molecule has 3 heterocycles. The monoisotopic (exact) mass is 742 g/mol. The van der Waals surface area contributed by atoms with Gasteiger partial charge in [-0.25, -0.2) is 0 Å². The average Bonchev–Trinajstić information content (AvgIpc) is 3.55. The Morgan fingerprint density at radius 3 is 1.92 bits per heavy atom. The maximum absolute atomic E-state index is 13.1. The number of hydrogen-bond acceptors (Lipinski definition) is 12. The number of aliphatic imine (C=N–C) groups is 1. The molecule has 1 aliphatic heterocycles. The largest absolute Gasteiger partial charge is 0.378 e. The molecule has 272 valence electrons. The molecule has 0 saturated carbocycles. The van der Waals surface area contributed by atoms with Crippen molar-refractivity contribution in [3.05, 3.63) is 62.5 Å². The van der Waals surface area contributed by atoms with Crippen LogP contribution in [0.5, 0.6) is 0 Å². The number of benzene rings is 1. The summed E-state index contributed by atoms with van der Waals surface area (Å²) < 4.78 is 34.8. The Balaban J connectivity index is 0.00000650. The van der Waals surface area contributed by atoms with Crippen LogP contribution in [0.3, 0.4) is 0 Å². The number of ether oxygens (including phenoxy) is 6. The lowest BCUT2D eigenvalue weighted by Crippen LogP contribution is -2.29. The first-order valence-electron chi connectivity index (χ1n) is 16.2. The van der Waals surface area contributed by atoms with Crippen LogP contribution in [-0.2, 0) is 33.2 Å². The highest BCUT2D eigenvalue weighted by Gasteiger charge is 2.32. The molecule has 1 aliphatic rings. The first-order valence-corrected chi connectivity index (χ1v) is 17.4. The summed E-state index contributed by atoms with van der Waals surface area (Å²) in [5.41, 5.74) is 9.26. The van der Waals surface area contributed by atoms with Crippen LogP contribution in [0.15, 0.2) is 29.3 Å². The summed E-state index contributed by atoms with van der Waals surface area (Å²) >= 11 is 7.87. The third kappa shape index (κ3) is 12.6. The summed E-state index contributed by atoms with van der Waals surface area (Å²) in [6, 6.07) is 7.10. The molecule has 0 radical (unpaired) electrons. The number of fused-ring (bicyclic) bond motifs is 3. The molecule has 1 amide bonds. The van der Waals surface area contributed by atoms with E-state index in [0.717, 1.165) is 33.2 Å². The Morgan fingerprint density at radius 1 is 0.837 bits per heavy atom. The molecule has 0 spiro atoms. The second-order valence-corrected chi connectivity index (χ2v) is 12.6. The average molecular weight is 744 g/mol. The van der Waals surface area contributed by atoms with Crippen LogP contribution in [0.2, 0.25) is 5.02 Å². The number of rotatable bonds is 23. The molecule has 13 nitrogen and oxygen atoms in total. The molecule has 49 heavy (non-hydrogen) atoms. The van der Waals surface area contributed by atoms with E-state index in [-0.39, 0.29) is 24.7 Å². The van der Waals surface area contributed by atoms with E-state index in [1.807, 2.05) is 35.8 Å². The number of nitrogens with one attached hydrogen (secondary N) is 1. The van der Waals surface area contributed by atoms with Gasteiger partial charge < -0.3 is 39.5 Å². The van der Waals surface area contributed by atoms with Gasteiger partial charge in [0.15, 0.2) is 5.82 Å². The SMILES string of the molecule is Cc1sc2c(c1C)C(c1ccc(Cl)cc1)=N[C@@H](CC(=O)NCCOCCOCCOCCOCCOCCOCCN)c1nnc(C)n1-2.Cl. The van der Waals surface area contributed by atoms with Crippen LogP contribution in [0.1, 0.15) is 45.7 Å². The molecule has 2 aromatic heterocycles. The van der Waals surface area contributed by atoms with Gasteiger partial charge in [-0.15, -0.1) is 33.9 Å². The van der Waals surface area contributed by atoms with Crippen molar-refractivity contribution in [2.24, 2.45) is 10.7 Å². The van der Waals surface area contributed by atoms with Crippen molar-refractivity contribution >= 4 is 47.0 Å². The van der Waals surface area contributed by atoms with Crippen LogP contribution in [0.4, 0.5) is 0 Å². The summed E-state index contributed by atoms with van der Waals surface area (Å²) in [5, 5.41) is 13.4. The third-order valence-corrected chi connectivity index (χ3v) is 8.87. The number of thiophene rings is 1. The number of nitrogens with zero attached hydrogens (tertiary/aromatic N) is 4. The number of carbonyl (C=O) groups excluding carboxylic acids is 1. The molecule has 0 unspecified atom stereocenters. The lowest BCUT2D eigenvalue weighted by atomic mass is 9.99. The molecule has 4 rings (SSSR count). The van der Waals surface area contributed by atoms with Crippen LogP contribution in [0.25, 0.3) is 5.00 Å². The fourth-order valence-electron chi connectivity index (χ4n) is 4.93. The zero-order valence-corrected chi connectivity index (χ0v) is 30.8. The first kappa shape index (κ1) is 40.9. The van der Waals surface area contributed by atoms with Gasteiger partial charge in [0.05, 0.1) is 91.4 Å². The summed E-state index contributed by atoms with van der Waals surface area (Å²) in [5.74, 6) is 1.25. The number of amides is 1. The number of carbonyl (C=O) groups is 1. The first-order chi connectivity index (χ1) is 23.4. The minimum atomic E-state index is -0.523. The van der Waals surface area contributed by atoms with Crippen molar-refractivity contribution in [2.75, 3.05) is 92.4 Å². The molecule has 0 fully saturated rings. The van der Waals surface area contributed by atoms with Crippen molar-refractivity contribution in [3.8, 4) is 5.00 Å². The molecule has 0 saturated heterocycles. The van der Waals surface area contributed by atoms with E-state index in [9.17, 15) is 4.79 Å². The Labute approximate surface area is 303 Å². The van der Waals surface area contributed by atoms with E-state index >= 15 is 0 Å². The van der Waals surface area contributed by atoms with Crippen LogP contribution in [-0.4, -0.2) is 119 Å². The van der Waals surface area contributed by atoms with Crippen LogP contribution >= 0.6 is 35.3 Å². The minimum absolute atomic E-state index is 0. The Morgan fingerprint density at radius 2 is 1.37 bits per heavy atom. The van der Waals surface area contributed by atoms with Crippen molar-refractivity contribution in [2.45, 2.75) is 33.2 Å². The van der Waals surface area contributed by atoms with E-state index < -0.39 is 6.04 Å². The maximum atomic E-state index is 13.1. The minimum Gasteiger partial charge on any atom is -0.378 e. The molecule has 0 aliphatic carbocycles. The van der Waals surface area contributed by atoms with Gasteiger partial charge in [-0.3, -0.25) is 14.4 Å². The lowest BCUT2D eigenvalue weighted by Gasteiger charge is -2.13. The van der Waals surface area contributed by atoms with Gasteiger partial charge in [-0.2, -0.15) is 0 Å². The van der Waals surface area contributed by atoms with Gasteiger partial charge in [0.25, 0.3) is 0 Å². The van der Waals surface area contributed by atoms with Gasteiger partial charge in [0.1, 0.15) is 16.9 Å². The Hall–Kier alpha value is -2.50. The van der Waals surface area contributed by atoms with E-state index in [1.165, 1.54) is 4.88 Å². The van der Waals surface area contributed by atoms with Gasteiger partial charge in [0.2, 0.25) is 5.91 Å². The fraction of sp³-hybridized carbons (Fsp3) is 0.576. The number of hydrogen-bond donors (Lipinski definition) is 2. The van der Waals surface area contributed by atoms with Gasteiger partial charge in [-0.05, 0) is 38.5 Å². The second kappa shape index (κ2) is 22.3. The summed E-state index contributed by atoms with van der Waals surface area (Å²) in [6.45, 7) is 12.8. The molecular formula is C33H48Cl2N6O7S. The zero-order valence-electron chi connectivity index (χ0n) is 28.4. The molecule has 1 aromatic carbocycles. The highest BCUT2D eigenvalue weighted by Crippen LogP contribution is 2.39.